The smallest absolute Gasteiger partial charge is 0.352 e. The molecule has 0 saturated carbocycles. The number of aromatic nitrogens is 4. The molecule has 1 unspecified atom stereocenters. The molecule has 3 amide bonds. The number of nitrogens with zero attached hydrogens (tertiary/aromatic N) is 5. The van der Waals surface area contributed by atoms with Gasteiger partial charge in [-0.05, 0) is 12.5 Å². The molecular formula is C18H18N8O6S3. The van der Waals surface area contributed by atoms with Crippen LogP contribution in [0, 0.1) is 0 Å². The van der Waals surface area contributed by atoms with Gasteiger partial charge in [-0.15, -0.1) is 28.2 Å². The van der Waals surface area contributed by atoms with Gasteiger partial charge in [0.25, 0.3) is 11.8 Å². The Morgan fingerprint density at radius 2 is 2.31 bits per heavy atom. The SMILES string of the molecule is CCON=C(C(=O)NC1C(=O)N2C(C(=O)O)=C(CSc3cn[nH]n3)CS[C@H]12)c1csc(NC=O)n1. The summed E-state index contributed by atoms with van der Waals surface area (Å²) >= 11 is 3.73. The number of oxime groups is 1. The maximum atomic E-state index is 13.0. The van der Waals surface area contributed by atoms with Gasteiger partial charge in [-0.1, -0.05) is 16.9 Å². The summed E-state index contributed by atoms with van der Waals surface area (Å²) in [5.41, 5.74) is 0.463. The highest BCUT2D eigenvalue weighted by atomic mass is 32.2. The van der Waals surface area contributed by atoms with Crippen molar-refractivity contribution in [3.63, 3.8) is 0 Å². The Kier molecular flexibility index (Phi) is 7.67. The van der Waals surface area contributed by atoms with Crippen molar-refractivity contribution in [1.82, 2.24) is 30.6 Å². The topological polar surface area (TPSA) is 192 Å². The number of H-pyrrole nitrogens is 1. The molecule has 2 atom stereocenters. The first-order valence-electron chi connectivity index (χ1n) is 10.00. The molecule has 0 aromatic carbocycles. The van der Waals surface area contributed by atoms with Crippen molar-refractivity contribution in [1.29, 1.82) is 0 Å². The predicted octanol–water partition coefficient (Wildman–Crippen LogP) is 0.101. The second-order valence-electron chi connectivity index (χ2n) is 6.87. The molecule has 17 heteroatoms. The second-order valence-corrected chi connectivity index (χ2v) is 9.83. The van der Waals surface area contributed by atoms with Crippen LogP contribution in [0.2, 0.25) is 0 Å². The fourth-order valence-electron chi connectivity index (χ4n) is 3.26. The number of aliphatic carboxylic acids is 1. The number of thioether (sulfide) groups is 2. The monoisotopic (exact) mass is 538 g/mol. The number of carboxylic acids is 1. The first kappa shape index (κ1) is 24.7. The van der Waals surface area contributed by atoms with Crippen LogP contribution in [0.4, 0.5) is 5.13 Å². The van der Waals surface area contributed by atoms with Gasteiger partial charge in [0.05, 0.1) is 6.20 Å². The summed E-state index contributed by atoms with van der Waals surface area (Å²) in [7, 11) is 0. The zero-order valence-electron chi connectivity index (χ0n) is 18.0. The number of thiazole rings is 1. The van der Waals surface area contributed by atoms with Crippen LogP contribution in [-0.2, 0) is 24.0 Å². The average Bonchev–Trinajstić information content (AvgIpc) is 3.53. The van der Waals surface area contributed by atoms with E-state index >= 15 is 0 Å². The van der Waals surface area contributed by atoms with Crippen molar-refractivity contribution < 1.29 is 29.1 Å². The number of rotatable bonds is 11. The van der Waals surface area contributed by atoms with Crippen molar-refractivity contribution in [3.8, 4) is 0 Å². The fraction of sp³-hybridized carbons (Fsp3) is 0.333. The number of carbonyl (C=O) groups excluding carboxylic acids is 3. The lowest BCUT2D eigenvalue weighted by molar-refractivity contribution is -0.150. The normalized spacial score (nSPS) is 19.6. The number of nitrogens with one attached hydrogen (secondary N) is 3. The van der Waals surface area contributed by atoms with E-state index in [0.29, 0.717) is 28.5 Å². The summed E-state index contributed by atoms with van der Waals surface area (Å²) in [6, 6.07) is -0.954. The van der Waals surface area contributed by atoms with Crippen molar-refractivity contribution in [3.05, 3.63) is 28.5 Å². The highest BCUT2D eigenvalue weighted by molar-refractivity contribution is 8.01. The van der Waals surface area contributed by atoms with Crippen LogP contribution in [-0.4, -0.2) is 89.8 Å². The Hall–Kier alpha value is -3.44. The van der Waals surface area contributed by atoms with Gasteiger partial charge >= 0.3 is 5.97 Å². The molecule has 0 bridgehead atoms. The Balaban J connectivity index is 1.49. The molecule has 4 heterocycles. The van der Waals surface area contributed by atoms with E-state index in [-0.39, 0.29) is 28.8 Å². The van der Waals surface area contributed by atoms with Crippen LogP contribution in [0.5, 0.6) is 0 Å². The molecule has 184 valence electrons. The molecule has 0 aliphatic carbocycles. The van der Waals surface area contributed by atoms with Crippen LogP contribution >= 0.6 is 34.9 Å². The van der Waals surface area contributed by atoms with Gasteiger partial charge < -0.3 is 20.6 Å². The number of β-lactam (4-membered cyclic amide) rings is 1. The van der Waals surface area contributed by atoms with Crippen molar-refractivity contribution in [2.75, 3.05) is 23.4 Å². The molecule has 2 aromatic rings. The minimum atomic E-state index is -1.22. The van der Waals surface area contributed by atoms with Gasteiger partial charge in [-0.25, -0.2) is 9.78 Å². The fourth-order valence-corrected chi connectivity index (χ4v) is 6.18. The third kappa shape index (κ3) is 5.15. The molecule has 1 fully saturated rings. The summed E-state index contributed by atoms with van der Waals surface area (Å²) < 4.78 is 0. The molecule has 2 aromatic heterocycles. The van der Waals surface area contributed by atoms with Crippen LogP contribution in [0.1, 0.15) is 12.6 Å². The second kappa shape index (κ2) is 10.9. The van der Waals surface area contributed by atoms with Crippen LogP contribution < -0.4 is 10.6 Å². The molecule has 14 nitrogen and oxygen atoms in total. The van der Waals surface area contributed by atoms with E-state index in [1.54, 1.807) is 6.92 Å². The molecule has 0 radical (unpaired) electrons. The van der Waals surface area contributed by atoms with E-state index in [9.17, 15) is 24.3 Å². The number of aromatic amines is 1. The first-order valence-corrected chi connectivity index (χ1v) is 12.9. The first-order chi connectivity index (χ1) is 16.9. The Morgan fingerprint density at radius 1 is 1.49 bits per heavy atom. The Bertz CT molecular complexity index is 1200. The lowest BCUT2D eigenvalue weighted by atomic mass is 10.0. The zero-order valence-corrected chi connectivity index (χ0v) is 20.4. The van der Waals surface area contributed by atoms with Crippen molar-refractivity contribution >= 4 is 69.9 Å². The van der Waals surface area contributed by atoms with E-state index in [1.165, 1.54) is 40.0 Å². The van der Waals surface area contributed by atoms with E-state index in [2.05, 4.69) is 36.2 Å². The molecular weight excluding hydrogens is 520 g/mol. The van der Waals surface area contributed by atoms with E-state index in [0.717, 1.165) is 11.3 Å². The summed E-state index contributed by atoms with van der Waals surface area (Å²) in [5, 5.41) is 30.5. The van der Waals surface area contributed by atoms with Gasteiger partial charge in [0, 0.05) is 16.9 Å². The average molecular weight is 539 g/mol. The third-order valence-corrected chi connectivity index (χ3v) is 7.85. The van der Waals surface area contributed by atoms with E-state index < -0.39 is 29.2 Å². The lowest BCUT2D eigenvalue weighted by Gasteiger charge is -2.49. The van der Waals surface area contributed by atoms with Gasteiger partial charge in [-0.3, -0.25) is 19.3 Å². The maximum Gasteiger partial charge on any atom is 0.352 e. The summed E-state index contributed by atoms with van der Waals surface area (Å²) in [4.78, 5) is 58.9. The van der Waals surface area contributed by atoms with E-state index in [4.69, 9.17) is 4.84 Å². The molecule has 2 aliphatic heterocycles. The molecule has 0 spiro atoms. The number of hydrogen-bond acceptors (Lipinski definition) is 12. The number of amides is 3. The van der Waals surface area contributed by atoms with Crippen LogP contribution in [0.25, 0.3) is 0 Å². The minimum Gasteiger partial charge on any atom is -0.477 e. The van der Waals surface area contributed by atoms with Crippen molar-refractivity contribution in [2.24, 2.45) is 5.16 Å². The quantitative estimate of drug-likeness (QED) is 0.0997. The largest absolute Gasteiger partial charge is 0.477 e. The minimum absolute atomic E-state index is 0.0902. The standard InChI is InChI=1S/C18H18N8O6S3/c1-2-32-24-11(9-6-35-18(21-9)19-7-27)14(28)22-12-15(29)26-13(17(30)31)8(5-34-16(12)26)4-33-10-3-20-25-23-10/h3,6-7,12,16H,2,4-5H2,1H3,(H,22,28)(H,30,31)(H,19,21,27)(H,20,23,25)/t12?,16-/m1/s1. The van der Waals surface area contributed by atoms with Gasteiger partial charge in [-0.2, -0.15) is 10.3 Å². The molecule has 2 aliphatic rings. The van der Waals surface area contributed by atoms with E-state index in [1.807, 2.05) is 0 Å². The number of fused-ring (bicyclic) bond motifs is 1. The summed E-state index contributed by atoms with van der Waals surface area (Å²) in [6.07, 6.45) is 1.97. The Labute approximate surface area is 209 Å². The predicted molar refractivity (Wildman–Crippen MR) is 127 cm³/mol. The number of carbonyl (C=O) groups is 4. The number of hydrogen-bond donors (Lipinski definition) is 4. The molecule has 4 N–H and O–H groups in total. The molecule has 1 saturated heterocycles. The van der Waals surface area contributed by atoms with Crippen molar-refractivity contribution in [2.45, 2.75) is 23.4 Å². The van der Waals surface area contributed by atoms with Gasteiger partial charge in [0.2, 0.25) is 6.41 Å². The highest BCUT2D eigenvalue weighted by Gasteiger charge is 2.54. The summed E-state index contributed by atoms with van der Waals surface area (Å²) in [6.45, 7) is 1.88. The van der Waals surface area contributed by atoms with Gasteiger partial charge in [0.15, 0.2) is 10.8 Å². The molecule has 35 heavy (non-hydrogen) atoms. The zero-order chi connectivity index (χ0) is 24.9. The number of anilines is 1. The van der Waals surface area contributed by atoms with Crippen LogP contribution in [0.3, 0.4) is 0 Å². The molecule has 4 rings (SSSR count). The van der Waals surface area contributed by atoms with Gasteiger partial charge in [0.1, 0.15) is 34.4 Å². The maximum absolute atomic E-state index is 13.0. The highest BCUT2D eigenvalue weighted by Crippen LogP contribution is 2.41. The summed E-state index contributed by atoms with van der Waals surface area (Å²) in [5.74, 6) is -1.80. The lowest BCUT2D eigenvalue weighted by Crippen LogP contribution is -2.71. The third-order valence-electron chi connectivity index (χ3n) is 4.75. The van der Waals surface area contributed by atoms with Crippen LogP contribution in [0.15, 0.2) is 33.0 Å². The Morgan fingerprint density at radius 3 is 3.00 bits per heavy atom. The number of carboxylic acid groups (broad SMARTS) is 1.